The van der Waals surface area contributed by atoms with Crippen molar-refractivity contribution in [3.8, 4) is 0 Å². The Hall–Kier alpha value is -1.29. The summed E-state index contributed by atoms with van der Waals surface area (Å²) in [6.45, 7) is 8.44. The SMILES string of the molecule is CC[C@H]1CN(C(C)=O)CC[C@H]1NCc1occc1C. The monoisotopic (exact) mass is 264 g/mol. The summed E-state index contributed by atoms with van der Waals surface area (Å²) in [6, 6.07) is 2.47. The molecule has 0 aliphatic carbocycles. The molecule has 2 rings (SSSR count). The lowest BCUT2D eigenvalue weighted by Gasteiger charge is -2.38. The van der Waals surface area contributed by atoms with Gasteiger partial charge >= 0.3 is 0 Å². The second-order valence-corrected chi connectivity index (χ2v) is 5.44. The second-order valence-electron chi connectivity index (χ2n) is 5.44. The highest BCUT2D eigenvalue weighted by Gasteiger charge is 2.28. The van der Waals surface area contributed by atoms with Gasteiger partial charge in [0.05, 0.1) is 12.8 Å². The number of rotatable bonds is 4. The van der Waals surface area contributed by atoms with Crippen LogP contribution >= 0.6 is 0 Å². The lowest BCUT2D eigenvalue weighted by atomic mass is 9.89. The largest absolute Gasteiger partial charge is 0.468 e. The van der Waals surface area contributed by atoms with Gasteiger partial charge in [-0.3, -0.25) is 4.79 Å². The first-order valence-electron chi connectivity index (χ1n) is 7.13. The van der Waals surface area contributed by atoms with Crippen molar-refractivity contribution in [1.82, 2.24) is 10.2 Å². The average molecular weight is 264 g/mol. The van der Waals surface area contributed by atoms with E-state index in [1.807, 2.05) is 11.0 Å². The zero-order chi connectivity index (χ0) is 13.8. The topological polar surface area (TPSA) is 45.5 Å². The van der Waals surface area contributed by atoms with Gasteiger partial charge in [0.25, 0.3) is 0 Å². The molecule has 4 nitrogen and oxygen atoms in total. The highest BCUT2D eigenvalue weighted by Crippen LogP contribution is 2.21. The molecule has 1 saturated heterocycles. The van der Waals surface area contributed by atoms with E-state index in [0.29, 0.717) is 12.0 Å². The number of carbonyl (C=O) groups excluding carboxylic acids is 1. The minimum absolute atomic E-state index is 0.193. The average Bonchev–Trinajstić information content (AvgIpc) is 2.81. The molecule has 1 aliphatic rings. The molecule has 0 saturated carbocycles. The van der Waals surface area contributed by atoms with Gasteiger partial charge in [0, 0.05) is 26.1 Å². The molecule has 0 aromatic carbocycles. The summed E-state index contributed by atoms with van der Waals surface area (Å²) in [4.78, 5) is 13.4. The number of aryl methyl sites for hydroxylation is 1. The molecule has 0 unspecified atom stereocenters. The molecule has 1 amide bonds. The van der Waals surface area contributed by atoms with Crippen molar-refractivity contribution in [2.75, 3.05) is 13.1 Å². The number of likely N-dealkylation sites (tertiary alicyclic amines) is 1. The lowest BCUT2D eigenvalue weighted by molar-refractivity contribution is -0.131. The first-order chi connectivity index (χ1) is 9.11. The molecule has 1 fully saturated rings. The van der Waals surface area contributed by atoms with E-state index in [2.05, 4.69) is 19.2 Å². The Morgan fingerprint density at radius 1 is 1.58 bits per heavy atom. The molecule has 1 aliphatic heterocycles. The number of piperidine rings is 1. The Balaban J connectivity index is 1.90. The van der Waals surface area contributed by atoms with Gasteiger partial charge in [-0.05, 0) is 30.9 Å². The fourth-order valence-corrected chi connectivity index (χ4v) is 2.81. The Morgan fingerprint density at radius 3 is 2.95 bits per heavy atom. The van der Waals surface area contributed by atoms with Gasteiger partial charge in [-0.2, -0.15) is 0 Å². The van der Waals surface area contributed by atoms with Crippen molar-refractivity contribution in [2.24, 2.45) is 5.92 Å². The molecule has 1 aromatic heterocycles. The lowest BCUT2D eigenvalue weighted by Crippen LogP contribution is -2.50. The number of carbonyl (C=O) groups is 1. The van der Waals surface area contributed by atoms with Crippen molar-refractivity contribution in [1.29, 1.82) is 0 Å². The number of hydrogen-bond acceptors (Lipinski definition) is 3. The molecule has 0 bridgehead atoms. The summed E-state index contributed by atoms with van der Waals surface area (Å²) < 4.78 is 5.46. The third kappa shape index (κ3) is 3.38. The van der Waals surface area contributed by atoms with Crippen LogP contribution in [0.4, 0.5) is 0 Å². The molecular formula is C15H24N2O2. The Labute approximate surface area is 115 Å². The van der Waals surface area contributed by atoms with E-state index in [0.717, 1.165) is 38.2 Å². The summed E-state index contributed by atoms with van der Waals surface area (Å²) in [6.07, 6.45) is 3.86. The number of hydrogen-bond donors (Lipinski definition) is 1. The van der Waals surface area contributed by atoms with Crippen molar-refractivity contribution in [3.05, 3.63) is 23.7 Å². The van der Waals surface area contributed by atoms with Crippen molar-refractivity contribution < 1.29 is 9.21 Å². The number of amides is 1. The van der Waals surface area contributed by atoms with E-state index in [1.165, 1.54) is 5.56 Å². The van der Waals surface area contributed by atoms with E-state index < -0.39 is 0 Å². The number of nitrogens with one attached hydrogen (secondary N) is 1. The summed E-state index contributed by atoms with van der Waals surface area (Å²) >= 11 is 0. The summed E-state index contributed by atoms with van der Waals surface area (Å²) in [5, 5.41) is 3.59. The fourth-order valence-electron chi connectivity index (χ4n) is 2.81. The molecule has 0 radical (unpaired) electrons. The predicted molar refractivity (Wildman–Crippen MR) is 74.7 cm³/mol. The maximum atomic E-state index is 11.4. The van der Waals surface area contributed by atoms with Crippen LogP contribution in [-0.2, 0) is 11.3 Å². The van der Waals surface area contributed by atoms with Crippen LogP contribution in [0.1, 0.15) is 38.0 Å². The molecule has 1 aromatic rings. The molecule has 2 heterocycles. The Kier molecular flexibility index (Phi) is 4.64. The third-order valence-electron chi connectivity index (χ3n) is 4.20. The minimum atomic E-state index is 0.193. The van der Waals surface area contributed by atoms with Gasteiger partial charge in [0.2, 0.25) is 5.91 Å². The van der Waals surface area contributed by atoms with Gasteiger partial charge in [0.15, 0.2) is 0 Å². The molecule has 1 N–H and O–H groups in total. The quantitative estimate of drug-likeness (QED) is 0.907. The van der Waals surface area contributed by atoms with Crippen LogP contribution in [0.2, 0.25) is 0 Å². The van der Waals surface area contributed by atoms with Crippen LogP contribution < -0.4 is 5.32 Å². The molecule has 19 heavy (non-hydrogen) atoms. The normalized spacial score (nSPS) is 23.6. The van der Waals surface area contributed by atoms with Crippen LogP contribution in [-0.4, -0.2) is 29.9 Å². The number of nitrogens with zero attached hydrogens (tertiary/aromatic N) is 1. The molecule has 2 atom stereocenters. The third-order valence-corrected chi connectivity index (χ3v) is 4.20. The Bertz CT molecular complexity index is 428. The summed E-state index contributed by atoms with van der Waals surface area (Å²) in [5.41, 5.74) is 1.20. The first-order valence-corrected chi connectivity index (χ1v) is 7.13. The van der Waals surface area contributed by atoms with E-state index >= 15 is 0 Å². The van der Waals surface area contributed by atoms with Crippen LogP contribution in [0.3, 0.4) is 0 Å². The van der Waals surface area contributed by atoms with Gasteiger partial charge < -0.3 is 14.6 Å². The van der Waals surface area contributed by atoms with Crippen LogP contribution in [0.5, 0.6) is 0 Å². The maximum absolute atomic E-state index is 11.4. The van der Waals surface area contributed by atoms with Crippen molar-refractivity contribution in [2.45, 2.75) is 46.2 Å². The van der Waals surface area contributed by atoms with E-state index in [-0.39, 0.29) is 5.91 Å². The second kappa shape index (κ2) is 6.24. The highest BCUT2D eigenvalue weighted by molar-refractivity contribution is 5.73. The molecule has 4 heteroatoms. The number of furan rings is 1. The molecular weight excluding hydrogens is 240 g/mol. The zero-order valence-electron chi connectivity index (χ0n) is 12.1. The zero-order valence-corrected chi connectivity index (χ0v) is 12.1. The van der Waals surface area contributed by atoms with Crippen LogP contribution in [0, 0.1) is 12.8 Å². The standard InChI is InChI=1S/C15H24N2O2/c1-4-13-10-17(12(3)18)7-5-14(13)16-9-15-11(2)6-8-19-15/h6,8,13-14,16H,4-5,7,9-10H2,1-3H3/t13-,14+/m0/s1. The fraction of sp³-hybridized carbons (Fsp3) is 0.667. The van der Waals surface area contributed by atoms with Crippen LogP contribution in [0.15, 0.2) is 16.7 Å². The maximum Gasteiger partial charge on any atom is 0.219 e. The van der Waals surface area contributed by atoms with Gasteiger partial charge in [-0.15, -0.1) is 0 Å². The Morgan fingerprint density at radius 2 is 2.37 bits per heavy atom. The summed E-state index contributed by atoms with van der Waals surface area (Å²) in [7, 11) is 0. The van der Waals surface area contributed by atoms with E-state index in [4.69, 9.17) is 4.42 Å². The van der Waals surface area contributed by atoms with E-state index in [1.54, 1.807) is 13.2 Å². The van der Waals surface area contributed by atoms with Crippen molar-refractivity contribution in [3.63, 3.8) is 0 Å². The predicted octanol–water partition coefficient (Wildman–Crippen LogP) is 2.32. The summed E-state index contributed by atoms with van der Waals surface area (Å²) in [5.74, 6) is 1.75. The van der Waals surface area contributed by atoms with Gasteiger partial charge in [-0.1, -0.05) is 13.3 Å². The van der Waals surface area contributed by atoms with Gasteiger partial charge in [-0.25, -0.2) is 0 Å². The smallest absolute Gasteiger partial charge is 0.219 e. The van der Waals surface area contributed by atoms with E-state index in [9.17, 15) is 4.79 Å². The molecule has 0 spiro atoms. The van der Waals surface area contributed by atoms with Crippen molar-refractivity contribution >= 4 is 5.91 Å². The minimum Gasteiger partial charge on any atom is -0.468 e. The first kappa shape index (κ1) is 14.1. The highest BCUT2D eigenvalue weighted by atomic mass is 16.3. The molecule has 106 valence electrons. The van der Waals surface area contributed by atoms with Crippen LogP contribution in [0.25, 0.3) is 0 Å². The van der Waals surface area contributed by atoms with Gasteiger partial charge in [0.1, 0.15) is 5.76 Å².